The zero-order chi connectivity index (χ0) is 34.6. The molecule has 1 aliphatic heterocycles. The summed E-state index contributed by atoms with van der Waals surface area (Å²) in [5.74, 6) is -7.66. The Balaban J connectivity index is 1.24. The molecule has 11 nitrogen and oxygen atoms in total. The number of hydrogen-bond acceptors (Lipinski definition) is 8. The van der Waals surface area contributed by atoms with E-state index in [2.05, 4.69) is 10.6 Å². The van der Waals surface area contributed by atoms with Crippen LogP contribution in [0, 0.1) is 29.3 Å². The molecule has 4 fully saturated rings. The van der Waals surface area contributed by atoms with Crippen LogP contribution in [-0.2, 0) is 24.2 Å². The van der Waals surface area contributed by atoms with Crippen LogP contribution in [-0.4, -0.2) is 77.7 Å². The van der Waals surface area contributed by atoms with Gasteiger partial charge in [0.2, 0.25) is 5.91 Å². The Labute approximate surface area is 273 Å². The highest BCUT2D eigenvalue weighted by molar-refractivity contribution is 7.92. The minimum absolute atomic E-state index is 0.0258. The number of nitrogens with one attached hydrogen (secondary N) is 2. The van der Waals surface area contributed by atoms with Crippen LogP contribution in [0.1, 0.15) is 56.8 Å². The lowest BCUT2D eigenvalue weighted by molar-refractivity contribution is -0.174. The van der Waals surface area contributed by atoms with Crippen molar-refractivity contribution in [2.24, 2.45) is 11.8 Å². The number of halogens is 4. The van der Waals surface area contributed by atoms with Gasteiger partial charge in [-0.1, -0.05) is 11.6 Å². The number of likely N-dealkylation sites (tertiary alicyclic amines) is 1. The van der Waals surface area contributed by atoms with Gasteiger partial charge >= 0.3 is 6.09 Å². The molecule has 0 spiro atoms. The van der Waals surface area contributed by atoms with Crippen molar-refractivity contribution in [3.05, 3.63) is 58.4 Å². The molecule has 2 unspecified atom stereocenters. The number of rotatable bonds is 7. The van der Waals surface area contributed by atoms with Crippen molar-refractivity contribution in [2.45, 2.75) is 73.8 Å². The first-order valence-corrected chi connectivity index (χ1v) is 16.7. The number of aliphatic hydroxyl groups is 1. The quantitative estimate of drug-likeness (QED) is 0.366. The first kappa shape index (κ1) is 34.6. The summed E-state index contributed by atoms with van der Waals surface area (Å²) in [6.45, 7) is 4.46. The fourth-order valence-corrected chi connectivity index (χ4v) is 8.86. The normalized spacial score (nSPS) is 25.6. The van der Waals surface area contributed by atoms with Crippen molar-refractivity contribution in [1.82, 2.24) is 10.2 Å². The summed E-state index contributed by atoms with van der Waals surface area (Å²) in [6, 6.07) is 3.49. The number of amides is 3. The second kappa shape index (κ2) is 12.4. The molecule has 0 aromatic heterocycles. The van der Waals surface area contributed by atoms with Crippen LogP contribution in [0.25, 0.3) is 0 Å². The molecular formula is C31H33ClF3N3O8S. The average Bonchev–Trinajstić information content (AvgIpc) is 3.39. The van der Waals surface area contributed by atoms with E-state index in [1.54, 1.807) is 20.8 Å². The van der Waals surface area contributed by atoms with Crippen LogP contribution in [0.2, 0.25) is 5.02 Å². The lowest BCUT2D eigenvalue weighted by Gasteiger charge is -2.58. The molecule has 4 aliphatic rings. The van der Waals surface area contributed by atoms with E-state index in [4.69, 9.17) is 16.3 Å². The van der Waals surface area contributed by atoms with E-state index in [0.29, 0.717) is 18.6 Å². The number of Topliss-reactive ketones (excluding diaryl/α,β-unsaturated/α-hetero) is 1. The second-order valence-electron chi connectivity index (χ2n) is 13.2. The largest absolute Gasteiger partial charge is 0.444 e. The third-order valence-electron chi connectivity index (χ3n) is 8.88. The van der Waals surface area contributed by atoms with Gasteiger partial charge < -0.3 is 20.5 Å². The number of nitrogens with zero attached hydrogens (tertiary/aromatic N) is 1. The van der Waals surface area contributed by atoms with Crippen LogP contribution < -0.4 is 10.6 Å². The maximum Gasteiger partial charge on any atom is 0.411 e. The molecule has 3 N–H and O–H groups in total. The summed E-state index contributed by atoms with van der Waals surface area (Å²) in [7, 11) is -4.15. The number of ether oxygens (including phenoxy) is 1. The van der Waals surface area contributed by atoms with Crippen molar-refractivity contribution < 1.29 is 50.6 Å². The van der Waals surface area contributed by atoms with Crippen molar-refractivity contribution in [2.75, 3.05) is 18.4 Å². The molecule has 3 amide bonds. The third kappa shape index (κ3) is 6.83. The second-order valence-corrected chi connectivity index (χ2v) is 15.8. The lowest BCUT2D eigenvalue weighted by Crippen LogP contribution is -2.66. The van der Waals surface area contributed by atoms with Gasteiger partial charge in [-0.2, -0.15) is 0 Å². The third-order valence-corrected chi connectivity index (χ3v) is 11.5. The van der Waals surface area contributed by atoms with Crippen LogP contribution >= 0.6 is 11.6 Å². The molecular weight excluding hydrogens is 667 g/mol. The topological polar surface area (TPSA) is 159 Å². The van der Waals surface area contributed by atoms with Crippen molar-refractivity contribution >= 4 is 50.8 Å². The van der Waals surface area contributed by atoms with Gasteiger partial charge in [-0.05, 0) is 70.1 Å². The first-order valence-electron chi connectivity index (χ1n) is 14.8. The van der Waals surface area contributed by atoms with E-state index in [1.165, 1.54) is 12.1 Å². The van der Waals surface area contributed by atoms with E-state index in [-0.39, 0.29) is 59.3 Å². The lowest BCUT2D eigenvalue weighted by atomic mass is 9.53. The Hall–Kier alpha value is -3.69. The van der Waals surface area contributed by atoms with E-state index < -0.39 is 79.5 Å². The predicted molar refractivity (Wildman–Crippen MR) is 162 cm³/mol. The van der Waals surface area contributed by atoms with Crippen molar-refractivity contribution in [3.63, 3.8) is 0 Å². The van der Waals surface area contributed by atoms with E-state index in [1.807, 2.05) is 0 Å². The molecule has 0 radical (unpaired) electrons. The molecule has 2 aromatic carbocycles. The number of benzene rings is 2. The number of fused-ring (bicyclic) bond motifs is 2. The zero-order valence-electron chi connectivity index (χ0n) is 25.6. The standard InChI is InChI=1S/C31H33ClF3N3O8S/c1-30(2,3)46-29(42)38-13-19(39)12-24(38)28(41)36-14-31(43)16-7-17(31)9-20(8-16)47(44,45)25-6-15(4-5-21(25)32)27(40)37-18-10-22(33)26(35)23(34)11-18/h4-6,10-11,16-17,20,24,43H,7-9,12-14H2,1-3H3,(H,36,41)(H,37,40)/t16?,17?,20-,24-,31-/m0/s1. The summed E-state index contributed by atoms with van der Waals surface area (Å²) >= 11 is 6.24. The fraction of sp³-hybridized carbons (Fsp3) is 0.484. The summed E-state index contributed by atoms with van der Waals surface area (Å²) in [4.78, 5) is 51.2. The van der Waals surface area contributed by atoms with E-state index >= 15 is 0 Å². The van der Waals surface area contributed by atoms with Crippen LogP contribution in [0.5, 0.6) is 0 Å². The van der Waals surface area contributed by atoms with E-state index in [0.717, 1.165) is 11.0 Å². The van der Waals surface area contributed by atoms with Gasteiger partial charge in [0.1, 0.15) is 11.6 Å². The van der Waals surface area contributed by atoms with E-state index in [9.17, 15) is 45.9 Å². The molecule has 254 valence electrons. The first-order chi connectivity index (χ1) is 21.8. The molecule has 1 heterocycles. The molecule has 2 bridgehead atoms. The Kier molecular flexibility index (Phi) is 9.14. The highest BCUT2D eigenvalue weighted by Gasteiger charge is 2.60. The predicted octanol–water partition coefficient (Wildman–Crippen LogP) is 4.01. The zero-order valence-corrected chi connectivity index (χ0v) is 27.2. The number of anilines is 1. The number of ketones is 1. The summed E-state index contributed by atoms with van der Waals surface area (Å²) in [5.41, 5.74) is -2.85. The smallest absolute Gasteiger partial charge is 0.411 e. The van der Waals surface area contributed by atoms with Crippen molar-refractivity contribution in [1.29, 1.82) is 0 Å². The minimum atomic E-state index is -4.15. The fourth-order valence-electron chi connectivity index (χ4n) is 6.45. The summed E-state index contributed by atoms with van der Waals surface area (Å²) in [5, 5.41) is 15.1. The van der Waals surface area contributed by atoms with Gasteiger partial charge in [-0.15, -0.1) is 0 Å². The number of sulfone groups is 1. The molecule has 16 heteroatoms. The van der Waals surface area contributed by atoms with Gasteiger partial charge in [0.05, 0.1) is 27.3 Å². The number of hydrogen-bond donors (Lipinski definition) is 3. The Morgan fingerprint density at radius 3 is 2.28 bits per heavy atom. The summed E-state index contributed by atoms with van der Waals surface area (Å²) < 4.78 is 73.2. The SMILES string of the molecule is CC(C)(C)OC(=O)N1CC(=O)C[C@H]1C(=O)NC[C@]1(O)C2CC1C[C@@H](S(=O)(=O)c1cc(C(=O)Nc3cc(F)c(F)c(F)c3)ccc1Cl)C2. The molecule has 3 atom stereocenters. The van der Waals surface area contributed by atoms with Crippen LogP contribution in [0.4, 0.5) is 23.7 Å². The van der Waals surface area contributed by atoms with Gasteiger partial charge in [0, 0.05) is 36.3 Å². The van der Waals surface area contributed by atoms with Gasteiger partial charge in [-0.25, -0.2) is 26.4 Å². The summed E-state index contributed by atoms with van der Waals surface area (Å²) in [6.07, 6.45) is -0.456. The number of carbonyl (C=O) groups excluding carboxylic acids is 4. The van der Waals surface area contributed by atoms with Gasteiger partial charge in [-0.3, -0.25) is 19.3 Å². The molecule has 3 saturated carbocycles. The Bertz CT molecular complexity index is 1730. The number of carbonyl (C=O) groups is 4. The highest BCUT2D eigenvalue weighted by atomic mass is 35.5. The minimum Gasteiger partial charge on any atom is -0.444 e. The maximum absolute atomic E-state index is 13.7. The highest BCUT2D eigenvalue weighted by Crippen LogP contribution is 2.55. The molecule has 1 saturated heterocycles. The van der Waals surface area contributed by atoms with Gasteiger partial charge in [0.15, 0.2) is 33.1 Å². The van der Waals surface area contributed by atoms with Crippen LogP contribution in [0.15, 0.2) is 35.2 Å². The Morgan fingerprint density at radius 1 is 1.06 bits per heavy atom. The monoisotopic (exact) mass is 699 g/mol. The van der Waals surface area contributed by atoms with Crippen molar-refractivity contribution in [3.8, 4) is 0 Å². The molecule has 47 heavy (non-hydrogen) atoms. The Morgan fingerprint density at radius 2 is 1.68 bits per heavy atom. The molecule has 3 aliphatic carbocycles. The average molecular weight is 700 g/mol. The molecule has 2 aromatic rings. The van der Waals surface area contributed by atoms with Gasteiger partial charge in [0.25, 0.3) is 5.91 Å². The maximum atomic E-state index is 13.7. The van der Waals surface area contributed by atoms with Crippen LogP contribution in [0.3, 0.4) is 0 Å². The molecule has 6 rings (SSSR count).